The van der Waals surface area contributed by atoms with Crippen molar-refractivity contribution in [3.05, 3.63) is 322 Å². The van der Waals surface area contributed by atoms with Crippen LogP contribution in [0.3, 0.4) is 0 Å². The molecule has 0 aromatic heterocycles. The zero-order valence-corrected chi connectivity index (χ0v) is 53.2. The van der Waals surface area contributed by atoms with Crippen LogP contribution in [0.4, 0.5) is 51.2 Å². The van der Waals surface area contributed by atoms with Gasteiger partial charge in [0.25, 0.3) is 6.71 Å². The van der Waals surface area contributed by atoms with Gasteiger partial charge >= 0.3 is 0 Å². The fraction of sp³-hybridized carbons (Fsp3) is 0.163. The molecule has 0 amide bonds. The van der Waals surface area contributed by atoms with Crippen LogP contribution in [-0.2, 0) is 27.1 Å². The second kappa shape index (κ2) is 18.7. The molecule has 2 spiro atoms. The minimum atomic E-state index is -0.720. The number of anilines is 9. The van der Waals surface area contributed by atoms with Crippen LogP contribution in [0.15, 0.2) is 261 Å². The minimum Gasteiger partial charge on any atom is -0.458 e. The van der Waals surface area contributed by atoms with E-state index >= 15 is 0 Å². The predicted molar refractivity (Wildman–Crippen MR) is 379 cm³/mol. The first kappa shape index (κ1) is 53.9. The van der Waals surface area contributed by atoms with Gasteiger partial charge in [-0.3, -0.25) is 0 Å². The highest BCUT2D eigenvalue weighted by molar-refractivity contribution is 6.99. The number of ether oxygens (including phenoxy) is 1. The maximum absolute atomic E-state index is 7.50. The van der Waals surface area contributed by atoms with E-state index in [4.69, 9.17) is 4.74 Å². The fourth-order valence-electron chi connectivity index (χ4n) is 17.0. The van der Waals surface area contributed by atoms with Crippen molar-refractivity contribution in [2.75, 3.05) is 14.7 Å². The molecule has 12 aromatic carbocycles. The molecule has 0 saturated carbocycles. The Morgan fingerprint density at radius 2 is 0.681 bits per heavy atom. The topological polar surface area (TPSA) is 19.0 Å². The Kier molecular flexibility index (Phi) is 11.1. The van der Waals surface area contributed by atoms with Gasteiger partial charge in [0.1, 0.15) is 11.5 Å². The number of nitrogens with zero attached hydrogens (tertiary/aromatic N) is 3. The summed E-state index contributed by atoms with van der Waals surface area (Å²) in [6.45, 7) is 20.8. The molecule has 0 saturated heterocycles. The van der Waals surface area contributed by atoms with Gasteiger partial charge in [0, 0.05) is 28.8 Å². The standard InChI is InChI=1S/C86H70BN3O/c1-82(2,3)53-39-43-57(44-40-53)89-77-45-41-54(83(4,5)6)47-71(77)87-72-48-55(84(7,8)9)42-46-79(72)91-80-50-58(49-78(89)81(80)87)90-75-37-23-19-33-67(75)86(68-34-20-24-38-76(68)90)64-30-16-14-28-60(64)62-51-61-59-27-13-15-29-63(59)85(69(61)52-70(62)86)65-31-17-21-35-73(65)88(56-25-11-10-12-26-56)74-36-22-18-32-66(74)85/h10-52H,1-9H3. The predicted octanol–water partition coefficient (Wildman–Crippen LogP) is 20.3. The van der Waals surface area contributed by atoms with E-state index in [0.29, 0.717) is 0 Å². The Labute approximate surface area is 535 Å². The molecular weight excluding hydrogens is 1100 g/mol. The van der Waals surface area contributed by atoms with E-state index in [-0.39, 0.29) is 23.0 Å². The summed E-state index contributed by atoms with van der Waals surface area (Å²) in [6.07, 6.45) is 0. The van der Waals surface area contributed by atoms with Gasteiger partial charge in [-0.25, -0.2) is 0 Å². The van der Waals surface area contributed by atoms with Crippen molar-refractivity contribution in [1.29, 1.82) is 0 Å². The molecule has 4 aliphatic heterocycles. The smallest absolute Gasteiger partial charge is 0.256 e. The summed E-state index contributed by atoms with van der Waals surface area (Å²) in [7, 11) is 0. The van der Waals surface area contributed by atoms with Gasteiger partial charge in [-0.15, -0.1) is 0 Å². The first-order chi connectivity index (χ1) is 44.0. The normalized spacial score (nSPS) is 15.3. The average molecular weight is 1170 g/mol. The summed E-state index contributed by atoms with van der Waals surface area (Å²) in [5.41, 5.74) is 31.7. The molecule has 0 bridgehead atoms. The van der Waals surface area contributed by atoms with E-state index in [1.165, 1.54) is 117 Å². The molecule has 18 rings (SSSR count). The quantitative estimate of drug-likeness (QED) is 0.164. The van der Waals surface area contributed by atoms with Crippen LogP contribution in [-0.4, -0.2) is 6.71 Å². The maximum Gasteiger partial charge on any atom is 0.256 e. The molecule has 438 valence electrons. The molecule has 0 radical (unpaired) electrons. The number of hydrogen-bond donors (Lipinski definition) is 0. The van der Waals surface area contributed by atoms with Crippen molar-refractivity contribution in [2.24, 2.45) is 0 Å². The lowest BCUT2D eigenvalue weighted by atomic mass is 9.33. The second-order valence-electron chi connectivity index (χ2n) is 29.2. The molecule has 91 heavy (non-hydrogen) atoms. The molecular formula is C86H70BN3O. The molecule has 12 aromatic rings. The van der Waals surface area contributed by atoms with Gasteiger partial charge < -0.3 is 19.4 Å². The second-order valence-corrected chi connectivity index (χ2v) is 29.2. The van der Waals surface area contributed by atoms with Crippen LogP contribution in [0.5, 0.6) is 11.5 Å². The van der Waals surface area contributed by atoms with Crippen LogP contribution in [0, 0.1) is 0 Å². The van der Waals surface area contributed by atoms with Gasteiger partial charge in [0.15, 0.2) is 0 Å². The summed E-state index contributed by atoms with van der Waals surface area (Å²) in [6, 6.07) is 100. The number of hydrogen-bond acceptors (Lipinski definition) is 4. The first-order valence-corrected chi connectivity index (χ1v) is 32.5. The van der Waals surface area contributed by atoms with Gasteiger partial charge in [-0.05, 0) is 189 Å². The highest BCUT2D eigenvalue weighted by Crippen LogP contribution is 2.69. The largest absolute Gasteiger partial charge is 0.458 e. The third kappa shape index (κ3) is 7.29. The van der Waals surface area contributed by atoms with E-state index in [2.05, 4.69) is 338 Å². The van der Waals surface area contributed by atoms with Crippen LogP contribution in [0.25, 0.3) is 22.3 Å². The maximum atomic E-state index is 7.50. The lowest BCUT2D eigenvalue weighted by molar-refractivity contribution is 0.486. The molecule has 0 fully saturated rings. The van der Waals surface area contributed by atoms with Crippen molar-refractivity contribution >= 4 is 74.3 Å². The van der Waals surface area contributed by atoms with Crippen molar-refractivity contribution < 1.29 is 4.74 Å². The van der Waals surface area contributed by atoms with Crippen LogP contribution < -0.4 is 35.8 Å². The molecule has 4 nitrogen and oxygen atoms in total. The summed E-state index contributed by atoms with van der Waals surface area (Å²) in [4.78, 5) is 7.57. The van der Waals surface area contributed by atoms with Gasteiger partial charge in [-0.1, -0.05) is 244 Å². The Balaban J connectivity index is 0.893. The van der Waals surface area contributed by atoms with E-state index < -0.39 is 10.8 Å². The SMILES string of the molecule is CC(C)(C)c1ccc(N2c3ccc(C(C)(C)C)cc3B3c4cc(C(C)(C)C)ccc4Oc4cc(N5c6ccccc6C6(c7ccccc7-c7cc8c(cc76)C6(c7ccccc7-8)c7ccccc7N(c7ccccc7)c7ccccc76)c6ccccc65)cc2c43)cc1. The third-order valence-corrected chi connectivity index (χ3v) is 21.2. The lowest BCUT2D eigenvalue weighted by Gasteiger charge is -2.47. The van der Waals surface area contributed by atoms with Crippen molar-refractivity contribution in [3.8, 4) is 33.8 Å². The molecule has 5 heteroatoms. The summed E-state index contributed by atoms with van der Waals surface area (Å²) >= 11 is 0. The lowest BCUT2D eigenvalue weighted by Crippen LogP contribution is -2.60. The van der Waals surface area contributed by atoms with Crippen LogP contribution in [0.2, 0.25) is 0 Å². The molecule has 0 N–H and O–H groups in total. The highest BCUT2D eigenvalue weighted by atomic mass is 16.5. The summed E-state index contributed by atoms with van der Waals surface area (Å²) in [5, 5.41) is 0. The zero-order chi connectivity index (χ0) is 61.7. The number of para-hydroxylation sites is 5. The van der Waals surface area contributed by atoms with Crippen LogP contribution in [0.1, 0.15) is 124 Å². The van der Waals surface area contributed by atoms with E-state index in [0.717, 1.165) is 45.6 Å². The van der Waals surface area contributed by atoms with Crippen molar-refractivity contribution in [2.45, 2.75) is 89.4 Å². The molecule has 4 heterocycles. The van der Waals surface area contributed by atoms with E-state index in [9.17, 15) is 0 Å². The zero-order valence-electron chi connectivity index (χ0n) is 53.2. The Morgan fingerprint density at radius 3 is 1.19 bits per heavy atom. The molecule has 0 atom stereocenters. The van der Waals surface area contributed by atoms with Crippen molar-refractivity contribution in [1.82, 2.24) is 0 Å². The van der Waals surface area contributed by atoms with Crippen molar-refractivity contribution in [3.63, 3.8) is 0 Å². The fourth-order valence-corrected chi connectivity index (χ4v) is 17.0. The Morgan fingerprint density at radius 1 is 0.275 bits per heavy atom. The van der Waals surface area contributed by atoms with E-state index in [1.54, 1.807) is 0 Å². The first-order valence-electron chi connectivity index (χ1n) is 32.5. The van der Waals surface area contributed by atoms with Crippen LogP contribution >= 0.6 is 0 Å². The number of benzene rings is 12. The summed E-state index contributed by atoms with van der Waals surface area (Å²) in [5.74, 6) is 1.78. The van der Waals surface area contributed by atoms with Gasteiger partial charge in [-0.2, -0.15) is 0 Å². The Hall–Kier alpha value is -10.1. The summed E-state index contributed by atoms with van der Waals surface area (Å²) < 4.78 is 7.50. The monoisotopic (exact) mass is 1170 g/mol. The number of rotatable bonds is 3. The molecule has 2 aliphatic carbocycles. The van der Waals surface area contributed by atoms with Gasteiger partial charge in [0.05, 0.1) is 39.3 Å². The van der Waals surface area contributed by atoms with E-state index in [1.807, 2.05) is 0 Å². The molecule has 0 unspecified atom stereocenters. The average Bonchev–Trinajstić information content (AvgIpc) is 1.57. The minimum absolute atomic E-state index is 0.0110. The number of fused-ring (bicyclic) bond motifs is 22. The Bertz CT molecular complexity index is 4980. The van der Waals surface area contributed by atoms with Gasteiger partial charge in [0.2, 0.25) is 0 Å². The molecule has 6 aliphatic rings. The third-order valence-electron chi connectivity index (χ3n) is 21.2. The highest BCUT2D eigenvalue weighted by Gasteiger charge is 2.57.